The van der Waals surface area contributed by atoms with Crippen molar-refractivity contribution in [2.75, 3.05) is 0 Å². The second-order valence-corrected chi connectivity index (χ2v) is 32.8. The monoisotopic (exact) mass is 1890 g/mol. The van der Waals surface area contributed by atoms with E-state index in [1.807, 2.05) is 243 Å². The Morgan fingerprint density at radius 3 is 0.830 bits per heavy atom. The SMILES string of the molecule is CCc1cccc(C(=O)N=[N+]=[N-])c1COc1ccc(C)cc1C.Cc1ccc(OCc2c(Br)cccc2C(=O)N=[N+]=[N-])c(C)c1.Cc1ccc(OCc2c(C(=O)N=[N+]=[N-])cccc2C2CC2)c(C)c1.Cc1ccc(OCc2c(C)cccc2C(=O)N=[N+]=[N-])c(C)c1.Cc1ccc(OCc2c(C)cccc2C(=O)N=[N+]=[N-])c(C)c1.Cc1ccc(OCc2c(Cl)cccc2C(=O)N=[N+]=[N-])c(C)c1. The number of ether oxygens (including phenoxy) is 6. The van der Waals surface area contributed by atoms with Gasteiger partial charge in [0.15, 0.2) is 0 Å². The third-order valence-electron chi connectivity index (χ3n) is 21.4. The Morgan fingerprint density at radius 2 is 0.533 bits per heavy atom. The van der Waals surface area contributed by atoms with Crippen molar-refractivity contribution in [1.82, 2.24) is 0 Å². The minimum atomic E-state index is -0.677. The molecule has 0 aliphatic heterocycles. The molecule has 0 heterocycles. The van der Waals surface area contributed by atoms with Crippen LogP contribution in [0.15, 0.2) is 254 Å². The maximum atomic E-state index is 12.1. The van der Waals surface area contributed by atoms with Gasteiger partial charge >= 0.3 is 0 Å². The Morgan fingerprint density at radius 1 is 0.296 bits per heavy atom. The third kappa shape index (κ3) is 30.9. The topological polar surface area (TPSA) is 450 Å². The quantitative estimate of drug-likeness (QED) is 0.0277. The number of hydrogen-bond acceptors (Lipinski definition) is 12. The van der Waals surface area contributed by atoms with Gasteiger partial charge < -0.3 is 28.4 Å². The van der Waals surface area contributed by atoms with Gasteiger partial charge in [-0.15, -0.1) is 0 Å². The van der Waals surface area contributed by atoms with Crippen LogP contribution in [0.25, 0.3) is 62.7 Å². The number of carbonyl (C=O) groups is 6. The van der Waals surface area contributed by atoms with E-state index < -0.39 is 35.4 Å². The molecule has 32 heteroatoms. The second kappa shape index (κ2) is 52.2. The standard InChI is InChI=1S/C19H19N3O2.C18H19N3O2.2C17H17N3O2.C16H14BrN3O2.C16H14ClN3O2/c1-12-6-9-18(13(2)10-12)24-11-17-15(14-7-8-14)4-3-5-16(17)19(23)21-22-20;1-4-14-6-5-7-15(18(22)20-21-19)16(14)11-23-17-9-8-12(2)10-13(17)3;2*1-11-7-8-16(13(3)9-11)22-10-15-12(2)5-4-6-14(15)17(21)19-20-18;2*1-10-6-7-15(11(2)8-10)22-9-13-12(16(21)19-20-18)4-3-5-14(13)17/h3-6,9-10,14H,7-8,11H2,1-2H3;5-10H,4,11H2,1-3H3;2*4-9H,10H2,1-3H3;2*3-8H,9H2,1-2H3. The van der Waals surface area contributed by atoms with Gasteiger partial charge in [-0.3, -0.25) is 28.8 Å². The summed E-state index contributed by atoms with van der Waals surface area (Å²) in [6.07, 6.45) is 3.01. The molecule has 0 atom stereocenters. The zero-order chi connectivity index (χ0) is 98.4. The zero-order valence-corrected chi connectivity index (χ0v) is 79.8. The summed E-state index contributed by atoms with van der Waals surface area (Å²) in [6, 6.07) is 67.1. The predicted octanol–water partition coefficient (Wildman–Crippen LogP) is 29.5. The fourth-order valence-electron chi connectivity index (χ4n) is 14.3. The Balaban J connectivity index is 0.000000199. The number of aryl methyl sites for hydroxylation is 15. The van der Waals surface area contributed by atoms with Gasteiger partial charge in [-0.05, 0) is 290 Å². The number of hydrogen-bond donors (Lipinski definition) is 0. The summed E-state index contributed by atoms with van der Waals surface area (Å²) < 4.78 is 35.9. The fourth-order valence-corrected chi connectivity index (χ4v) is 15.0. The van der Waals surface area contributed by atoms with E-state index in [0.717, 1.165) is 141 Å². The lowest BCUT2D eigenvalue weighted by Gasteiger charge is -2.15. The highest BCUT2D eigenvalue weighted by Gasteiger charge is 2.29. The molecule has 0 bridgehead atoms. The molecule has 688 valence electrons. The van der Waals surface area contributed by atoms with Crippen molar-refractivity contribution in [1.29, 1.82) is 0 Å². The molecule has 135 heavy (non-hydrogen) atoms. The molecular formula is C103H100BrClN18O12. The molecular weight excluding hydrogens is 1800 g/mol. The van der Waals surface area contributed by atoms with Crippen LogP contribution in [0, 0.1) is 96.9 Å². The first-order valence-electron chi connectivity index (χ1n) is 42.5. The van der Waals surface area contributed by atoms with Crippen LogP contribution in [-0.4, -0.2) is 35.4 Å². The first-order valence-corrected chi connectivity index (χ1v) is 43.7. The van der Waals surface area contributed by atoms with E-state index in [4.69, 9.17) is 73.2 Å². The summed E-state index contributed by atoms with van der Waals surface area (Å²) in [7, 11) is 0. The van der Waals surface area contributed by atoms with Crippen molar-refractivity contribution in [3.05, 3.63) is 446 Å². The van der Waals surface area contributed by atoms with Crippen LogP contribution in [0.5, 0.6) is 34.5 Å². The van der Waals surface area contributed by atoms with Crippen molar-refractivity contribution in [2.45, 2.75) is 169 Å². The van der Waals surface area contributed by atoms with Crippen molar-refractivity contribution in [3.8, 4) is 34.5 Å². The van der Waals surface area contributed by atoms with Gasteiger partial charge in [0.05, 0.1) is 0 Å². The Bertz CT molecular complexity index is 6220. The summed E-state index contributed by atoms with van der Waals surface area (Å²) in [6.45, 7) is 31.2. The lowest BCUT2D eigenvalue weighted by Crippen LogP contribution is -2.08. The number of halogens is 2. The Kier molecular flexibility index (Phi) is 40.4. The molecule has 0 aromatic heterocycles. The van der Waals surface area contributed by atoms with Crippen molar-refractivity contribution >= 4 is 63.0 Å². The van der Waals surface area contributed by atoms with Crippen LogP contribution in [-0.2, 0) is 46.1 Å². The minimum Gasteiger partial charge on any atom is -0.489 e. The average molecular weight is 1900 g/mol. The number of azide groups is 6. The maximum Gasteiger partial charge on any atom is 0.249 e. The van der Waals surface area contributed by atoms with Gasteiger partial charge in [-0.25, -0.2) is 0 Å². The van der Waals surface area contributed by atoms with Gasteiger partial charge in [-0.2, -0.15) is 0 Å². The molecule has 12 aromatic rings. The molecule has 1 fully saturated rings. The van der Waals surface area contributed by atoms with Crippen molar-refractivity contribution in [2.24, 2.45) is 30.7 Å². The van der Waals surface area contributed by atoms with Gasteiger partial charge in [0.2, 0.25) is 35.4 Å². The minimum absolute atomic E-state index is 0.117. The summed E-state index contributed by atoms with van der Waals surface area (Å²) in [5.41, 5.74) is 74.3. The van der Waals surface area contributed by atoms with Gasteiger partial charge in [0.25, 0.3) is 0 Å². The molecule has 30 nitrogen and oxygen atoms in total. The molecule has 0 radical (unpaired) electrons. The van der Waals surface area contributed by atoms with Crippen LogP contribution in [0.1, 0.15) is 210 Å². The first kappa shape index (κ1) is 104. The summed E-state index contributed by atoms with van der Waals surface area (Å²) in [5.74, 6) is 1.45. The van der Waals surface area contributed by atoms with E-state index in [9.17, 15) is 28.8 Å². The van der Waals surface area contributed by atoms with Gasteiger partial charge in [-0.1, -0.05) is 238 Å². The number of benzene rings is 12. The van der Waals surface area contributed by atoms with Crippen LogP contribution >= 0.6 is 27.5 Å². The van der Waals surface area contributed by atoms with E-state index in [0.29, 0.717) is 62.2 Å². The number of nitrogens with zero attached hydrogens (tertiary/aromatic N) is 18. The zero-order valence-electron chi connectivity index (χ0n) is 77.4. The van der Waals surface area contributed by atoms with Crippen molar-refractivity contribution < 1.29 is 57.2 Å². The average Bonchev–Trinajstić information content (AvgIpc) is 1.66. The van der Waals surface area contributed by atoms with Gasteiger partial charge in [0, 0.05) is 106 Å². The summed E-state index contributed by atoms with van der Waals surface area (Å²) in [5, 5.41) is 19.4. The summed E-state index contributed by atoms with van der Waals surface area (Å²) >= 11 is 9.54. The maximum absolute atomic E-state index is 12.1. The molecule has 1 aliphatic rings. The smallest absolute Gasteiger partial charge is 0.249 e. The number of amides is 6. The molecule has 0 unspecified atom stereocenters. The van der Waals surface area contributed by atoms with E-state index in [2.05, 4.69) is 82.2 Å². The highest BCUT2D eigenvalue weighted by atomic mass is 79.9. The molecule has 12 aromatic carbocycles. The van der Waals surface area contributed by atoms with E-state index >= 15 is 0 Å². The molecule has 13 rings (SSSR count). The third-order valence-corrected chi connectivity index (χ3v) is 22.4. The highest BCUT2D eigenvalue weighted by molar-refractivity contribution is 9.10. The predicted molar refractivity (Wildman–Crippen MR) is 525 cm³/mol. The fraction of sp³-hybridized carbons (Fsp3) is 0.243. The largest absolute Gasteiger partial charge is 0.489 e. The molecule has 1 saturated carbocycles. The molecule has 6 amide bonds. The highest BCUT2D eigenvalue weighted by Crippen LogP contribution is 2.43. The Hall–Kier alpha value is -15.9. The number of carbonyl (C=O) groups excluding carboxylic acids is 6. The first-order chi connectivity index (χ1) is 64.8. The van der Waals surface area contributed by atoms with Gasteiger partial charge in [0.1, 0.15) is 74.1 Å². The molecule has 0 spiro atoms. The van der Waals surface area contributed by atoms with E-state index in [1.54, 1.807) is 72.8 Å². The lowest BCUT2D eigenvalue weighted by atomic mass is 9.98. The molecule has 0 saturated heterocycles. The Labute approximate surface area is 795 Å². The number of rotatable bonds is 26. The molecule has 0 N–H and O–H groups in total. The lowest BCUT2D eigenvalue weighted by molar-refractivity contribution is 0.0989. The normalized spacial score (nSPS) is 10.6. The van der Waals surface area contributed by atoms with E-state index in [-0.39, 0.29) is 38.6 Å². The second-order valence-electron chi connectivity index (χ2n) is 31.5. The molecule has 1 aliphatic carbocycles. The summed E-state index contributed by atoms with van der Waals surface area (Å²) in [4.78, 5) is 86.9. The van der Waals surface area contributed by atoms with Crippen LogP contribution in [0.3, 0.4) is 0 Å². The van der Waals surface area contributed by atoms with Crippen LogP contribution in [0.2, 0.25) is 5.02 Å². The van der Waals surface area contributed by atoms with Crippen molar-refractivity contribution in [3.63, 3.8) is 0 Å². The van der Waals surface area contributed by atoms with E-state index in [1.165, 1.54) is 22.3 Å². The van der Waals surface area contributed by atoms with Crippen LogP contribution in [0.4, 0.5) is 0 Å². The van der Waals surface area contributed by atoms with Crippen LogP contribution < -0.4 is 28.4 Å².